The van der Waals surface area contributed by atoms with E-state index >= 15 is 0 Å². The molecule has 3 heteroatoms. The molecule has 0 amide bonds. The van der Waals surface area contributed by atoms with Crippen LogP contribution in [-0.2, 0) is 11.8 Å². The first-order valence-electron chi connectivity index (χ1n) is 4.20. The highest BCUT2D eigenvalue weighted by molar-refractivity contribution is 5.97. The predicted molar refractivity (Wildman–Crippen MR) is 54.0 cm³/mol. The van der Waals surface area contributed by atoms with E-state index in [9.17, 15) is 9.59 Å². The fourth-order valence-corrected chi connectivity index (χ4v) is 1.50. The molecule has 1 radical (unpaired) electrons. The monoisotopic (exact) mass is 186 g/mol. The molecule has 3 nitrogen and oxygen atoms in total. The van der Waals surface area contributed by atoms with Crippen LogP contribution < -0.4 is 5.56 Å². The van der Waals surface area contributed by atoms with Gasteiger partial charge in [-0.25, -0.2) is 0 Å². The van der Waals surface area contributed by atoms with Gasteiger partial charge in [-0.15, -0.1) is 0 Å². The maximum atomic E-state index is 11.6. The molecule has 14 heavy (non-hydrogen) atoms. The van der Waals surface area contributed by atoms with E-state index in [1.54, 1.807) is 31.3 Å². The molecule has 0 spiro atoms. The van der Waals surface area contributed by atoms with Gasteiger partial charge in [0.2, 0.25) is 6.29 Å². The van der Waals surface area contributed by atoms with Gasteiger partial charge in [0, 0.05) is 18.6 Å². The molecule has 2 rings (SSSR count). The lowest BCUT2D eigenvalue weighted by Gasteiger charge is -2.02. The van der Waals surface area contributed by atoms with Crippen LogP contribution in [0, 0.1) is 0 Å². The minimum Gasteiger partial charge on any atom is -0.317 e. The molecule has 1 heterocycles. The molecule has 0 N–H and O–H groups in total. The van der Waals surface area contributed by atoms with Gasteiger partial charge in [0.05, 0.1) is 5.56 Å². The first-order valence-corrected chi connectivity index (χ1v) is 4.20. The number of aryl methyl sites for hydroxylation is 1. The van der Waals surface area contributed by atoms with Gasteiger partial charge in [0.15, 0.2) is 0 Å². The molecule has 0 fully saturated rings. The summed E-state index contributed by atoms with van der Waals surface area (Å²) in [5.41, 5.74) is 0.322. The largest absolute Gasteiger partial charge is 0.317 e. The number of rotatable bonds is 1. The predicted octanol–water partition coefficient (Wildman–Crippen LogP) is 0.996. The average molecular weight is 186 g/mol. The number of nitrogens with zero attached hydrogens (tertiary/aromatic N) is 1. The van der Waals surface area contributed by atoms with Gasteiger partial charge in [-0.05, 0) is 11.5 Å². The highest BCUT2D eigenvalue weighted by atomic mass is 16.1. The summed E-state index contributed by atoms with van der Waals surface area (Å²) in [6.45, 7) is 0. The average Bonchev–Trinajstić information content (AvgIpc) is 2.23. The summed E-state index contributed by atoms with van der Waals surface area (Å²) in [5.74, 6) is 0. The lowest BCUT2D eigenvalue weighted by Crippen LogP contribution is -2.17. The molecule has 0 saturated carbocycles. The molecule has 1 aromatic heterocycles. The van der Waals surface area contributed by atoms with Crippen molar-refractivity contribution in [2.45, 2.75) is 0 Å². The minimum atomic E-state index is -0.0976. The number of hydrogen-bond donors (Lipinski definition) is 0. The molecule has 69 valence electrons. The zero-order valence-corrected chi connectivity index (χ0v) is 7.65. The summed E-state index contributed by atoms with van der Waals surface area (Å²) < 4.78 is 1.39. The molecule has 0 bridgehead atoms. The van der Waals surface area contributed by atoms with Crippen LogP contribution in [-0.4, -0.2) is 10.9 Å². The number of aromatic nitrogens is 1. The first-order chi connectivity index (χ1) is 6.74. The maximum absolute atomic E-state index is 11.6. The fourth-order valence-electron chi connectivity index (χ4n) is 1.50. The van der Waals surface area contributed by atoms with Crippen LogP contribution in [0.25, 0.3) is 10.8 Å². The van der Waals surface area contributed by atoms with Crippen molar-refractivity contribution in [3.63, 3.8) is 0 Å². The quantitative estimate of drug-likeness (QED) is 0.666. The van der Waals surface area contributed by atoms with E-state index in [1.807, 2.05) is 6.29 Å². The number of fused-ring (bicyclic) bond motifs is 1. The molecule has 0 aliphatic heterocycles. The zero-order valence-electron chi connectivity index (χ0n) is 7.65. The van der Waals surface area contributed by atoms with E-state index < -0.39 is 0 Å². The maximum Gasteiger partial charge on any atom is 0.258 e. The second-order valence-corrected chi connectivity index (χ2v) is 3.11. The molecule has 2 aromatic rings. The van der Waals surface area contributed by atoms with Crippen LogP contribution in [0.1, 0.15) is 5.56 Å². The fraction of sp³-hybridized carbons (Fsp3) is 0.0909. The summed E-state index contributed by atoms with van der Waals surface area (Å²) in [4.78, 5) is 22.3. The van der Waals surface area contributed by atoms with E-state index in [4.69, 9.17) is 0 Å². The van der Waals surface area contributed by atoms with Crippen molar-refractivity contribution in [2.24, 2.45) is 7.05 Å². The second kappa shape index (κ2) is 3.10. The number of carbonyl (C=O) groups excluding carboxylic acids is 1. The summed E-state index contributed by atoms with van der Waals surface area (Å²) in [7, 11) is 1.62. The molecule has 0 saturated heterocycles. The van der Waals surface area contributed by atoms with Crippen molar-refractivity contribution >= 4 is 17.1 Å². The zero-order chi connectivity index (χ0) is 10.1. The summed E-state index contributed by atoms with van der Waals surface area (Å²) >= 11 is 0. The van der Waals surface area contributed by atoms with Gasteiger partial charge in [0.25, 0.3) is 5.56 Å². The Kier molecular flexibility index (Phi) is 1.93. The van der Waals surface area contributed by atoms with Crippen LogP contribution in [0.4, 0.5) is 0 Å². The number of pyridine rings is 1. The third kappa shape index (κ3) is 1.14. The van der Waals surface area contributed by atoms with Crippen molar-refractivity contribution in [1.29, 1.82) is 0 Å². The number of benzene rings is 1. The molecule has 0 aliphatic carbocycles. The normalized spacial score (nSPS) is 10.4. The van der Waals surface area contributed by atoms with E-state index in [2.05, 4.69) is 0 Å². The standard InChI is InChI=1S/C11H8NO2/c1-12-6-8(7-13)9-4-2-3-5-10(9)11(12)14/h2-6H,1H3. The molecular formula is C11H8NO2. The van der Waals surface area contributed by atoms with Crippen LogP contribution in [0.3, 0.4) is 0 Å². The Balaban J connectivity index is 3.04. The van der Waals surface area contributed by atoms with E-state index in [-0.39, 0.29) is 5.56 Å². The van der Waals surface area contributed by atoms with Crippen LogP contribution >= 0.6 is 0 Å². The van der Waals surface area contributed by atoms with Crippen molar-refractivity contribution in [1.82, 2.24) is 4.57 Å². The molecule has 0 unspecified atom stereocenters. The molecular weight excluding hydrogens is 178 g/mol. The van der Waals surface area contributed by atoms with E-state index in [0.717, 1.165) is 0 Å². The van der Waals surface area contributed by atoms with Gasteiger partial charge in [-0.2, -0.15) is 0 Å². The van der Waals surface area contributed by atoms with Gasteiger partial charge >= 0.3 is 0 Å². The Labute approximate surface area is 80.6 Å². The van der Waals surface area contributed by atoms with Crippen LogP contribution in [0.5, 0.6) is 0 Å². The Bertz CT molecular complexity index is 555. The lowest BCUT2D eigenvalue weighted by atomic mass is 10.1. The summed E-state index contributed by atoms with van der Waals surface area (Å²) in [5, 5.41) is 1.21. The first kappa shape index (κ1) is 8.69. The van der Waals surface area contributed by atoms with Gasteiger partial charge in [-0.1, -0.05) is 18.2 Å². The molecule has 0 aliphatic rings. The Morgan fingerprint density at radius 3 is 2.50 bits per heavy atom. The van der Waals surface area contributed by atoms with Gasteiger partial charge in [-0.3, -0.25) is 9.59 Å². The lowest BCUT2D eigenvalue weighted by molar-refractivity contribution is 0.562. The number of hydrogen-bond acceptors (Lipinski definition) is 2. The molecule has 0 atom stereocenters. The van der Waals surface area contributed by atoms with Crippen LogP contribution in [0.15, 0.2) is 35.3 Å². The topological polar surface area (TPSA) is 39.1 Å². The van der Waals surface area contributed by atoms with Crippen molar-refractivity contribution in [2.75, 3.05) is 0 Å². The van der Waals surface area contributed by atoms with Gasteiger partial charge in [0.1, 0.15) is 0 Å². The highest BCUT2D eigenvalue weighted by Gasteiger charge is 2.05. The van der Waals surface area contributed by atoms with Crippen molar-refractivity contribution < 1.29 is 4.79 Å². The SMILES string of the molecule is Cn1cc([C]=O)c2ccccc2c1=O. The summed E-state index contributed by atoms with van der Waals surface area (Å²) in [6.07, 6.45) is 3.33. The van der Waals surface area contributed by atoms with Crippen LogP contribution in [0.2, 0.25) is 0 Å². The Morgan fingerprint density at radius 1 is 1.21 bits per heavy atom. The van der Waals surface area contributed by atoms with E-state index in [0.29, 0.717) is 16.3 Å². The van der Waals surface area contributed by atoms with Crippen molar-refractivity contribution in [3.05, 3.63) is 46.4 Å². The third-order valence-electron chi connectivity index (χ3n) is 2.20. The Hall–Kier alpha value is -1.90. The Morgan fingerprint density at radius 2 is 1.86 bits per heavy atom. The van der Waals surface area contributed by atoms with Gasteiger partial charge < -0.3 is 4.57 Å². The van der Waals surface area contributed by atoms with E-state index in [1.165, 1.54) is 10.8 Å². The molecule has 1 aromatic carbocycles. The smallest absolute Gasteiger partial charge is 0.258 e. The highest BCUT2D eigenvalue weighted by Crippen LogP contribution is 2.12. The third-order valence-corrected chi connectivity index (χ3v) is 2.20. The second-order valence-electron chi connectivity index (χ2n) is 3.11. The minimum absolute atomic E-state index is 0.0976. The summed E-state index contributed by atoms with van der Waals surface area (Å²) in [6, 6.07) is 7.02. The van der Waals surface area contributed by atoms with Crippen molar-refractivity contribution in [3.8, 4) is 0 Å².